The lowest BCUT2D eigenvalue weighted by Crippen LogP contribution is -2.12. The lowest BCUT2D eigenvalue weighted by atomic mass is 10.3. The number of benzene rings is 2. The van der Waals surface area contributed by atoms with Crippen molar-refractivity contribution in [1.29, 1.82) is 0 Å². The highest BCUT2D eigenvalue weighted by atomic mass is 35.5. The van der Waals surface area contributed by atoms with Crippen molar-refractivity contribution >= 4 is 59.9 Å². The lowest BCUT2D eigenvalue weighted by Gasteiger charge is -2.08. The molecule has 0 saturated heterocycles. The van der Waals surface area contributed by atoms with Crippen LogP contribution in [0.1, 0.15) is 13.3 Å². The van der Waals surface area contributed by atoms with E-state index in [1.807, 2.05) is 0 Å². The molecule has 0 bridgehead atoms. The van der Waals surface area contributed by atoms with Crippen LogP contribution in [0.2, 0.25) is 5.02 Å². The molecule has 2 N–H and O–H groups in total. The lowest BCUT2D eigenvalue weighted by molar-refractivity contribution is -0.115. The molecule has 1 aromatic heterocycles. The van der Waals surface area contributed by atoms with Gasteiger partial charge in [0.25, 0.3) is 10.0 Å². The van der Waals surface area contributed by atoms with Crippen LogP contribution in [0.3, 0.4) is 0 Å². The number of sulfonamides is 1. The summed E-state index contributed by atoms with van der Waals surface area (Å²) in [7, 11) is -3.72. The molecule has 0 radical (unpaired) electrons. The summed E-state index contributed by atoms with van der Waals surface area (Å²) in [6, 6.07) is 10.9. The first kappa shape index (κ1) is 17.7. The summed E-state index contributed by atoms with van der Waals surface area (Å²) in [5.74, 6) is -0.122. The Morgan fingerprint density at radius 3 is 2.60 bits per heavy atom. The van der Waals surface area contributed by atoms with E-state index in [4.69, 9.17) is 11.6 Å². The number of nitrogens with one attached hydrogen (secondary N) is 2. The second-order valence-corrected chi connectivity index (χ2v) is 8.31. The third kappa shape index (κ3) is 4.09. The summed E-state index contributed by atoms with van der Waals surface area (Å²) in [6.45, 7) is 1.76. The van der Waals surface area contributed by atoms with Crippen molar-refractivity contribution in [2.24, 2.45) is 0 Å². The van der Waals surface area contributed by atoms with Gasteiger partial charge in [0.15, 0.2) is 5.13 Å². The highest BCUT2D eigenvalue weighted by molar-refractivity contribution is 7.92. The Morgan fingerprint density at radius 2 is 1.92 bits per heavy atom. The molecule has 0 fully saturated rings. The maximum absolute atomic E-state index is 12.4. The highest BCUT2D eigenvalue weighted by Crippen LogP contribution is 2.29. The molecule has 6 nitrogen and oxygen atoms in total. The van der Waals surface area contributed by atoms with Crippen LogP contribution >= 0.6 is 22.9 Å². The number of hydrogen-bond donors (Lipinski definition) is 2. The number of carbonyl (C=O) groups excluding carboxylic acids is 1. The second kappa shape index (κ2) is 6.99. The Hall–Kier alpha value is -2.16. The molecular weight excluding hydrogens is 382 g/mol. The van der Waals surface area contributed by atoms with E-state index in [0.717, 1.165) is 4.70 Å². The molecule has 0 aliphatic heterocycles. The van der Waals surface area contributed by atoms with Crippen LogP contribution < -0.4 is 10.0 Å². The van der Waals surface area contributed by atoms with E-state index in [1.165, 1.54) is 35.6 Å². The fourth-order valence-electron chi connectivity index (χ4n) is 2.08. The van der Waals surface area contributed by atoms with Crippen LogP contribution in [0.25, 0.3) is 10.2 Å². The highest BCUT2D eigenvalue weighted by Gasteiger charge is 2.15. The zero-order chi connectivity index (χ0) is 18.0. The minimum Gasteiger partial charge on any atom is -0.302 e. The summed E-state index contributed by atoms with van der Waals surface area (Å²) in [6.07, 6.45) is 0.363. The molecule has 0 saturated carbocycles. The fourth-order valence-corrected chi connectivity index (χ4v) is 4.12. The number of hydrogen-bond acceptors (Lipinski definition) is 5. The van der Waals surface area contributed by atoms with Gasteiger partial charge in [-0.15, -0.1) is 0 Å². The number of rotatable bonds is 5. The fraction of sp³-hybridized carbons (Fsp3) is 0.125. The Morgan fingerprint density at radius 1 is 1.20 bits per heavy atom. The predicted molar refractivity (Wildman–Crippen MR) is 101 cm³/mol. The predicted octanol–water partition coefficient (Wildman–Crippen LogP) is 4.10. The molecule has 3 aromatic rings. The number of fused-ring (bicyclic) bond motifs is 1. The van der Waals surface area contributed by atoms with Gasteiger partial charge < -0.3 is 5.32 Å². The van der Waals surface area contributed by atoms with Gasteiger partial charge in [-0.25, -0.2) is 13.4 Å². The molecule has 25 heavy (non-hydrogen) atoms. The zero-order valence-electron chi connectivity index (χ0n) is 13.1. The summed E-state index contributed by atoms with van der Waals surface area (Å²) < 4.78 is 28.2. The van der Waals surface area contributed by atoms with Crippen LogP contribution in [0, 0.1) is 0 Å². The van der Waals surface area contributed by atoms with Gasteiger partial charge in [-0.3, -0.25) is 9.52 Å². The first-order chi connectivity index (χ1) is 11.9. The third-order valence-corrected chi connectivity index (χ3v) is 5.93. The molecule has 0 spiro atoms. The third-order valence-electron chi connectivity index (χ3n) is 3.33. The maximum Gasteiger partial charge on any atom is 0.261 e. The number of nitrogens with zero attached hydrogens (tertiary/aromatic N) is 1. The molecule has 1 amide bonds. The van der Waals surface area contributed by atoms with E-state index < -0.39 is 10.0 Å². The molecule has 3 rings (SSSR count). The Kier molecular flexibility index (Phi) is 4.94. The number of aromatic nitrogens is 1. The van der Waals surface area contributed by atoms with E-state index in [0.29, 0.717) is 27.8 Å². The molecule has 0 aliphatic carbocycles. The summed E-state index contributed by atoms with van der Waals surface area (Å²) in [5, 5.41) is 3.65. The topological polar surface area (TPSA) is 88.2 Å². The van der Waals surface area contributed by atoms with Gasteiger partial charge in [0, 0.05) is 11.4 Å². The second-order valence-electron chi connectivity index (χ2n) is 5.16. The summed E-state index contributed by atoms with van der Waals surface area (Å²) >= 11 is 7.11. The first-order valence-electron chi connectivity index (χ1n) is 7.36. The van der Waals surface area contributed by atoms with Crippen molar-refractivity contribution in [2.45, 2.75) is 18.2 Å². The number of halogens is 1. The van der Waals surface area contributed by atoms with Crippen LogP contribution in [-0.2, 0) is 14.8 Å². The van der Waals surface area contributed by atoms with Crippen molar-refractivity contribution in [1.82, 2.24) is 4.98 Å². The standard InChI is InChI=1S/C16H14ClN3O3S2/c1-2-15(21)19-16-18-13-9-11(5-8-14(13)24-16)20-25(22,23)12-6-3-10(17)4-7-12/h3-9,20H,2H2,1H3,(H,18,19,21). The largest absolute Gasteiger partial charge is 0.302 e. The van der Waals surface area contributed by atoms with Crippen LogP contribution in [0.4, 0.5) is 10.8 Å². The van der Waals surface area contributed by atoms with E-state index in [9.17, 15) is 13.2 Å². The first-order valence-corrected chi connectivity index (χ1v) is 10.0. The van der Waals surface area contributed by atoms with Gasteiger partial charge in [0.2, 0.25) is 5.91 Å². The molecule has 0 aliphatic rings. The molecule has 130 valence electrons. The van der Waals surface area contributed by atoms with Gasteiger partial charge in [-0.1, -0.05) is 29.9 Å². The van der Waals surface area contributed by atoms with Crippen LogP contribution in [0.15, 0.2) is 47.4 Å². The molecule has 2 aromatic carbocycles. The van der Waals surface area contributed by atoms with E-state index >= 15 is 0 Å². The van der Waals surface area contributed by atoms with Gasteiger partial charge in [-0.2, -0.15) is 0 Å². The van der Waals surface area contributed by atoms with Crippen molar-refractivity contribution in [3.8, 4) is 0 Å². The molecule has 0 atom stereocenters. The maximum atomic E-state index is 12.4. The Balaban J connectivity index is 1.86. The molecular formula is C16H14ClN3O3S2. The minimum atomic E-state index is -3.72. The van der Waals surface area contributed by atoms with Crippen molar-refractivity contribution in [2.75, 3.05) is 10.0 Å². The number of carbonyl (C=O) groups is 1. The summed E-state index contributed by atoms with van der Waals surface area (Å²) in [5.41, 5.74) is 0.994. The van der Waals surface area contributed by atoms with E-state index in [-0.39, 0.29) is 10.8 Å². The van der Waals surface area contributed by atoms with Gasteiger partial charge in [-0.05, 0) is 42.5 Å². The minimum absolute atomic E-state index is 0.117. The van der Waals surface area contributed by atoms with Crippen LogP contribution in [-0.4, -0.2) is 19.3 Å². The molecule has 0 unspecified atom stereocenters. The monoisotopic (exact) mass is 395 g/mol. The van der Waals surface area contributed by atoms with Crippen molar-refractivity contribution in [3.05, 3.63) is 47.5 Å². The number of thiazole rings is 1. The normalized spacial score (nSPS) is 11.4. The zero-order valence-corrected chi connectivity index (χ0v) is 15.5. The van der Waals surface area contributed by atoms with Gasteiger partial charge in [0.05, 0.1) is 20.8 Å². The van der Waals surface area contributed by atoms with Crippen LogP contribution in [0.5, 0.6) is 0 Å². The smallest absolute Gasteiger partial charge is 0.261 e. The number of anilines is 2. The van der Waals surface area contributed by atoms with Gasteiger partial charge in [0.1, 0.15) is 0 Å². The Bertz CT molecular complexity index is 1030. The Labute approximate surface area is 153 Å². The van der Waals surface area contributed by atoms with Crippen molar-refractivity contribution < 1.29 is 13.2 Å². The summed E-state index contributed by atoms with van der Waals surface area (Å²) in [4.78, 5) is 15.9. The SMILES string of the molecule is CCC(=O)Nc1nc2cc(NS(=O)(=O)c3ccc(Cl)cc3)ccc2s1. The van der Waals surface area contributed by atoms with E-state index in [2.05, 4.69) is 15.0 Å². The quantitative estimate of drug-likeness (QED) is 0.680. The molecule has 9 heteroatoms. The molecule has 1 heterocycles. The van der Waals surface area contributed by atoms with E-state index in [1.54, 1.807) is 25.1 Å². The van der Waals surface area contributed by atoms with Crippen molar-refractivity contribution in [3.63, 3.8) is 0 Å². The average Bonchev–Trinajstić information content (AvgIpc) is 2.96. The average molecular weight is 396 g/mol. The number of amides is 1. The van der Waals surface area contributed by atoms with Gasteiger partial charge >= 0.3 is 0 Å².